The van der Waals surface area contributed by atoms with E-state index in [4.69, 9.17) is 4.52 Å². The molecule has 29 heavy (non-hydrogen) atoms. The van der Waals surface area contributed by atoms with E-state index in [1.165, 1.54) is 0 Å². The van der Waals surface area contributed by atoms with Crippen LogP contribution in [0.3, 0.4) is 0 Å². The first-order chi connectivity index (χ1) is 13.9. The first-order valence-corrected chi connectivity index (χ1v) is 10.1. The number of carbonyl (C=O) groups excluding carboxylic acids is 3. The van der Waals surface area contributed by atoms with Crippen LogP contribution in [0.4, 0.5) is 4.79 Å². The molecule has 0 aromatic carbocycles. The van der Waals surface area contributed by atoms with Crippen molar-refractivity contribution in [3.8, 4) is 0 Å². The van der Waals surface area contributed by atoms with E-state index < -0.39 is 11.6 Å². The summed E-state index contributed by atoms with van der Waals surface area (Å²) in [6, 6.07) is 1.42. The molecule has 4 heterocycles. The maximum atomic E-state index is 13.5. The number of hydrogen-bond donors (Lipinski definition) is 2. The predicted octanol–water partition coefficient (Wildman–Crippen LogP) is 2.04. The summed E-state index contributed by atoms with van der Waals surface area (Å²) in [4.78, 5) is 43.5. The Hall–Kier alpha value is -2.97. The number of piperidine rings is 1. The van der Waals surface area contributed by atoms with Crippen molar-refractivity contribution in [1.29, 1.82) is 0 Å². The fraction of sp³-hybridized carbons (Fsp3) is 0.550. The van der Waals surface area contributed by atoms with Crippen molar-refractivity contribution in [1.82, 2.24) is 25.7 Å². The summed E-state index contributed by atoms with van der Waals surface area (Å²) in [6.45, 7) is 4.79. The van der Waals surface area contributed by atoms with Crippen LogP contribution in [0.15, 0.2) is 10.6 Å². The van der Waals surface area contributed by atoms with Gasteiger partial charge in [0.2, 0.25) is 0 Å². The first-order valence-electron chi connectivity index (χ1n) is 10.1. The number of rotatable bonds is 3. The number of pyridine rings is 1. The normalized spacial score (nSPS) is 21.1. The molecule has 9 nitrogen and oxygen atoms in total. The number of nitrogens with one attached hydrogen (secondary N) is 2. The number of imide groups is 1. The lowest BCUT2D eigenvalue weighted by Crippen LogP contribution is -2.55. The Morgan fingerprint density at radius 2 is 2.00 bits per heavy atom. The van der Waals surface area contributed by atoms with Crippen LogP contribution < -0.4 is 10.6 Å². The van der Waals surface area contributed by atoms with E-state index in [2.05, 4.69) is 20.8 Å². The van der Waals surface area contributed by atoms with Gasteiger partial charge in [-0.3, -0.25) is 14.9 Å². The largest absolute Gasteiger partial charge is 0.338 e. The molecule has 9 heteroatoms. The lowest BCUT2D eigenvalue weighted by atomic mass is 9.87. The fourth-order valence-electron chi connectivity index (χ4n) is 4.29. The molecule has 3 fully saturated rings. The Morgan fingerprint density at radius 1 is 1.28 bits per heavy atom. The number of hydrogen-bond acceptors (Lipinski definition) is 6. The van der Waals surface area contributed by atoms with E-state index in [9.17, 15) is 14.4 Å². The zero-order chi connectivity index (χ0) is 20.3. The van der Waals surface area contributed by atoms with Crippen molar-refractivity contribution in [3.05, 3.63) is 23.0 Å². The summed E-state index contributed by atoms with van der Waals surface area (Å²) < 4.78 is 5.48. The van der Waals surface area contributed by atoms with Crippen LogP contribution >= 0.6 is 0 Å². The minimum Gasteiger partial charge on any atom is -0.338 e. The van der Waals surface area contributed by atoms with E-state index >= 15 is 0 Å². The summed E-state index contributed by atoms with van der Waals surface area (Å²) in [5.41, 5.74) is 1.69. The minimum absolute atomic E-state index is 0.0957. The van der Waals surface area contributed by atoms with E-state index in [1.54, 1.807) is 4.90 Å². The third-order valence-corrected chi connectivity index (χ3v) is 6.18. The van der Waals surface area contributed by atoms with Crippen LogP contribution in [0.25, 0.3) is 11.1 Å². The molecule has 1 saturated carbocycles. The molecule has 2 aliphatic heterocycles. The van der Waals surface area contributed by atoms with Crippen molar-refractivity contribution in [2.24, 2.45) is 0 Å². The SMILES string of the molecule is CC(C)c1noc2nc(C3CC3)cc(C(=O)N3CCC4(CC3)NC(=O)NC4=O)c12. The number of amides is 4. The highest BCUT2D eigenvalue weighted by atomic mass is 16.5. The Bertz CT molecular complexity index is 1030. The van der Waals surface area contributed by atoms with Gasteiger partial charge in [0.15, 0.2) is 0 Å². The summed E-state index contributed by atoms with van der Waals surface area (Å²) in [6.07, 6.45) is 2.91. The molecule has 1 aliphatic carbocycles. The molecule has 3 aliphatic rings. The average molecular weight is 397 g/mol. The minimum atomic E-state index is -0.902. The molecule has 0 radical (unpaired) electrons. The van der Waals surface area contributed by atoms with Crippen LogP contribution in [-0.2, 0) is 4.79 Å². The van der Waals surface area contributed by atoms with Gasteiger partial charge in [0.25, 0.3) is 17.5 Å². The molecule has 2 aromatic heterocycles. The van der Waals surface area contributed by atoms with Gasteiger partial charge in [-0.1, -0.05) is 19.0 Å². The highest BCUT2D eigenvalue weighted by Crippen LogP contribution is 2.41. The molecule has 0 bridgehead atoms. The Morgan fingerprint density at radius 3 is 2.59 bits per heavy atom. The van der Waals surface area contributed by atoms with Crippen LogP contribution in [0.1, 0.15) is 73.1 Å². The standard InChI is InChI=1S/C20H23N5O4/c1-10(2)15-14-12(9-13(11-3-4-11)21-16(14)29-24-15)17(26)25-7-5-20(6-8-25)18(27)22-19(28)23-20/h9-11H,3-8H2,1-2H3,(H2,22,23,27,28). The molecule has 0 atom stereocenters. The maximum absolute atomic E-state index is 13.5. The summed E-state index contributed by atoms with van der Waals surface area (Å²) in [5, 5.41) is 9.88. The Kier molecular flexibility index (Phi) is 3.91. The number of fused-ring (bicyclic) bond motifs is 1. The van der Waals surface area contributed by atoms with E-state index in [0.29, 0.717) is 48.5 Å². The van der Waals surface area contributed by atoms with Crippen molar-refractivity contribution < 1.29 is 18.9 Å². The second kappa shape index (κ2) is 6.27. The van der Waals surface area contributed by atoms with Crippen molar-refractivity contribution in [2.45, 2.75) is 56.9 Å². The number of urea groups is 1. The van der Waals surface area contributed by atoms with E-state index in [-0.39, 0.29) is 17.7 Å². The van der Waals surface area contributed by atoms with Crippen LogP contribution in [-0.4, -0.2) is 51.5 Å². The molecular formula is C20H23N5O4. The van der Waals surface area contributed by atoms with Gasteiger partial charge >= 0.3 is 6.03 Å². The highest BCUT2D eigenvalue weighted by molar-refractivity contribution is 6.08. The molecule has 0 unspecified atom stereocenters. The van der Waals surface area contributed by atoms with Crippen molar-refractivity contribution >= 4 is 28.9 Å². The predicted molar refractivity (Wildman–Crippen MR) is 102 cm³/mol. The second-order valence-electron chi connectivity index (χ2n) is 8.55. The lowest BCUT2D eigenvalue weighted by Gasteiger charge is -2.37. The smallest absolute Gasteiger partial charge is 0.322 e. The quantitative estimate of drug-likeness (QED) is 0.766. The maximum Gasteiger partial charge on any atom is 0.322 e. The molecule has 5 rings (SSSR count). The molecule has 152 valence electrons. The third kappa shape index (κ3) is 2.87. The zero-order valence-electron chi connectivity index (χ0n) is 16.4. The number of carbonyl (C=O) groups is 3. The van der Waals surface area contributed by atoms with Gasteiger partial charge in [-0.15, -0.1) is 0 Å². The lowest BCUT2D eigenvalue weighted by molar-refractivity contribution is -0.125. The van der Waals surface area contributed by atoms with Gasteiger partial charge in [0, 0.05) is 24.7 Å². The van der Waals surface area contributed by atoms with Gasteiger partial charge in [0.1, 0.15) is 5.54 Å². The van der Waals surface area contributed by atoms with Gasteiger partial charge < -0.3 is 14.7 Å². The van der Waals surface area contributed by atoms with Crippen LogP contribution in [0.2, 0.25) is 0 Å². The first kappa shape index (κ1) is 18.1. The van der Waals surface area contributed by atoms with E-state index in [1.807, 2.05) is 19.9 Å². The summed E-state index contributed by atoms with van der Waals surface area (Å²) in [5.74, 6) is 0.0565. The Labute approximate surface area is 167 Å². The summed E-state index contributed by atoms with van der Waals surface area (Å²) in [7, 11) is 0. The topological polar surface area (TPSA) is 117 Å². The molecule has 2 N–H and O–H groups in total. The van der Waals surface area contributed by atoms with E-state index in [0.717, 1.165) is 24.2 Å². The third-order valence-electron chi connectivity index (χ3n) is 6.18. The molecule has 4 amide bonds. The Balaban J connectivity index is 1.47. The van der Waals surface area contributed by atoms with Crippen LogP contribution in [0, 0.1) is 0 Å². The molecular weight excluding hydrogens is 374 g/mol. The highest BCUT2D eigenvalue weighted by Gasteiger charge is 2.48. The van der Waals surface area contributed by atoms with Gasteiger partial charge in [-0.05, 0) is 37.7 Å². The van der Waals surface area contributed by atoms with Gasteiger partial charge in [-0.25, -0.2) is 9.78 Å². The van der Waals surface area contributed by atoms with Crippen molar-refractivity contribution in [2.75, 3.05) is 13.1 Å². The van der Waals surface area contributed by atoms with Crippen LogP contribution in [0.5, 0.6) is 0 Å². The average Bonchev–Trinajstić information content (AvgIpc) is 3.39. The fourth-order valence-corrected chi connectivity index (χ4v) is 4.29. The van der Waals surface area contributed by atoms with Crippen molar-refractivity contribution in [3.63, 3.8) is 0 Å². The summed E-state index contributed by atoms with van der Waals surface area (Å²) >= 11 is 0. The zero-order valence-corrected chi connectivity index (χ0v) is 16.4. The molecule has 2 saturated heterocycles. The second-order valence-corrected chi connectivity index (χ2v) is 8.55. The number of aromatic nitrogens is 2. The molecule has 2 aromatic rings. The monoisotopic (exact) mass is 397 g/mol. The number of nitrogens with zero attached hydrogens (tertiary/aromatic N) is 3. The van der Waals surface area contributed by atoms with Gasteiger partial charge in [-0.2, -0.15) is 0 Å². The number of likely N-dealkylation sites (tertiary alicyclic amines) is 1. The molecule has 1 spiro atoms. The van der Waals surface area contributed by atoms with Gasteiger partial charge in [0.05, 0.1) is 16.6 Å².